The molecule has 0 aliphatic carbocycles. The van der Waals surface area contributed by atoms with Gasteiger partial charge in [0.2, 0.25) is 9.84 Å². The van der Waals surface area contributed by atoms with Gasteiger partial charge in [0.15, 0.2) is 0 Å². The highest BCUT2D eigenvalue weighted by Gasteiger charge is 2.27. The molecule has 1 aliphatic rings. The van der Waals surface area contributed by atoms with Crippen molar-refractivity contribution >= 4 is 20.9 Å². The highest BCUT2D eigenvalue weighted by molar-refractivity contribution is 7.91. The standard InChI is InChI=1S/C26H36N4O3S/c1-26(2,3)25-29-23-17-21(7-8-24(23)30(25)18-19-10-14-33-15-11-19)34(31,32)22-9-13-28-20(16-22)6-4-5-12-27/h7-9,13,16-17,19H,4-6,10-12,14-15,18,27H2,1-3H3. The lowest BCUT2D eigenvalue weighted by molar-refractivity contribution is 0.0611. The summed E-state index contributed by atoms with van der Waals surface area (Å²) in [6.45, 7) is 9.53. The van der Waals surface area contributed by atoms with Gasteiger partial charge in [0, 0.05) is 37.1 Å². The van der Waals surface area contributed by atoms with E-state index in [9.17, 15) is 8.42 Å². The van der Waals surface area contributed by atoms with E-state index in [-0.39, 0.29) is 15.2 Å². The van der Waals surface area contributed by atoms with Gasteiger partial charge in [-0.25, -0.2) is 13.4 Å². The lowest BCUT2D eigenvalue weighted by atomic mass is 9.94. The molecule has 0 unspecified atom stereocenters. The van der Waals surface area contributed by atoms with Crippen molar-refractivity contribution in [2.75, 3.05) is 19.8 Å². The summed E-state index contributed by atoms with van der Waals surface area (Å²) in [5.74, 6) is 1.51. The van der Waals surface area contributed by atoms with Crippen LogP contribution >= 0.6 is 0 Å². The van der Waals surface area contributed by atoms with Crippen molar-refractivity contribution in [3.05, 3.63) is 48.0 Å². The van der Waals surface area contributed by atoms with E-state index in [2.05, 4.69) is 30.3 Å². The number of nitrogens with two attached hydrogens (primary N) is 1. The number of fused-ring (bicyclic) bond motifs is 1. The molecule has 3 heterocycles. The summed E-state index contributed by atoms with van der Waals surface area (Å²) >= 11 is 0. The van der Waals surface area contributed by atoms with Gasteiger partial charge < -0.3 is 15.0 Å². The average molecular weight is 485 g/mol. The molecule has 1 aliphatic heterocycles. The Hall–Kier alpha value is -2.29. The van der Waals surface area contributed by atoms with Crippen molar-refractivity contribution in [3.63, 3.8) is 0 Å². The molecule has 1 aromatic carbocycles. The van der Waals surface area contributed by atoms with Gasteiger partial charge in [-0.15, -0.1) is 0 Å². The third-order valence-corrected chi connectivity index (χ3v) is 8.22. The molecule has 7 nitrogen and oxygen atoms in total. The van der Waals surface area contributed by atoms with Gasteiger partial charge in [0.1, 0.15) is 5.82 Å². The number of nitrogens with zero attached hydrogens (tertiary/aromatic N) is 3. The van der Waals surface area contributed by atoms with E-state index in [0.29, 0.717) is 18.9 Å². The van der Waals surface area contributed by atoms with Crippen LogP contribution in [0.4, 0.5) is 0 Å². The quantitative estimate of drug-likeness (QED) is 0.479. The Bertz CT molecular complexity index is 1240. The maximum Gasteiger partial charge on any atom is 0.206 e. The molecule has 34 heavy (non-hydrogen) atoms. The molecule has 0 amide bonds. The van der Waals surface area contributed by atoms with Crippen molar-refractivity contribution in [1.29, 1.82) is 0 Å². The van der Waals surface area contributed by atoms with Crippen LogP contribution in [0.2, 0.25) is 0 Å². The molecule has 184 valence electrons. The van der Waals surface area contributed by atoms with Crippen LogP contribution in [0, 0.1) is 5.92 Å². The zero-order valence-electron chi connectivity index (χ0n) is 20.5. The third-order valence-electron chi connectivity index (χ3n) is 6.47. The van der Waals surface area contributed by atoms with E-state index in [0.717, 1.165) is 68.0 Å². The lowest BCUT2D eigenvalue weighted by Gasteiger charge is -2.26. The van der Waals surface area contributed by atoms with Crippen LogP contribution in [-0.4, -0.2) is 42.7 Å². The van der Waals surface area contributed by atoms with Crippen molar-refractivity contribution in [2.24, 2.45) is 11.7 Å². The van der Waals surface area contributed by atoms with Crippen LogP contribution < -0.4 is 5.73 Å². The fourth-order valence-corrected chi connectivity index (χ4v) is 5.89. The van der Waals surface area contributed by atoms with Gasteiger partial charge >= 0.3 is 0 Å². The van der Waals surface area contributed by atoms with Crippen LogP contribution in [0.3, 0.4) is 0 Å². The summed E-state index contributed by atoms with van der Waals surface area (Å²) in [6.07, 6.45) is 6.13. The lowest BCUT2D eigenvalue weighted by Crippen LogP contribution is -2.25. The Morgan fingerprint density at radius 3 is 2.53 bits per heavy atom. The SMILES string of the molecule is CC(C)(C)c1nc2cc(S(=O)(=O)c3ccnc(CCCCN)c3)ccc2n1CC1CCOCC1. The molecule has 3 aromatic rings. The van der Waals surface area contributed by atoms with Crippen LogP contribution in [-0.2, 0) is 33.0 Å². The number of hydrogen-bond donors (Lipinski definition) is 1. The van der Waals surface area contributed by atoms with Gasteiger partial charge in [-0.2, -0.15) is 0 Å². The Kier molecular flexibility index (Phi) is 7.40. The first-order valence-electron chi connectivity index (χ1n) is 12.2. The molecule has 2 N–H and O–H groups in total. The van der Waals surface area contributed by atoms with E-state index in [4.69, 9.17) is 15.5 Å². The number of rotatable bonds is 8. The summed E-state index contributed by atoms with van der Waals surface area (Å²) in [4.78, 5) is 9.79. The topological polar surface area (TPSA) is 100 Å². The number of hydrogen-bond acceptors (Lipinski definition) is 6. The number of unbranched alkanes of at least 4 members (excludes halogenated alkanes) is 1. The first-order valence-corrected chi connectivity index (χ1v) is 13.7. The molecular weight excluding hydrogens is 448 g/mol. The van der Waals surface area contributed by atoms with Crippen molar-refractivity contribution in [3.8, 4) is 0 Å². The number of imidazole rings is 1. The smallest absolute Gasteiger partial charge is 0.206 e. The fourth-order valence-electron chi connectivity index (χ4n) is 4.57. The average Bonchev–Trinajstić information content (AvgIpc) is 3.18. The highest BCUT2D eigenvalue weighted by Crippen LogP contribution is 2.31. The first-order chi connectivity index (χ1) is 16.2. The molecule has 1 fully saturated rings. The third kappa shape index (κ3) is 5.34. The molecule has 0 spiro atoms. The Morgan fingerprint density at radius 1 is 1.09 bits per heavy atom. The fraction of sp³-hybridized carbons (Fsp3) is 0.538. The van der Waals surface area contributed by atoms with Gasteiger partial charge in [-0.05, 0) is 74.9 Å². The molecule has 4 rings (SSSR count). The second kappa shape index (κ2) is 10.1. The van der Waals surface area contributed by atoms with Crippen LogP contribution in [0.25, 0.3) is 11.0 Å². The number of benzene rings is 1. The summed E-state index contributed by atoms with van der Waals surface area (Å²) < 4.78 is 34.8. The predicted octanol–water partition coefficient (Wildman–Crippen LogP) is 4.27. The molecule has 8 heteroatoms. The van der Waals surface area contributed by atoms with Crippen LogP contribution in [0.15, 0.2) is 46.3 Å². The van der Waals surface area contributed by atoms with E-state index < -0.39 is 9.84 Å². The number of aromatic nitrogens is 3. The van der Waals surface area contributed by atoms with Gasteiger partial charge in [0.05, 0.1) is 20.8 Å². The second-order valence-electron chi connectivity index (χ2n) is 10.2. The van der Waals surface area contributed by atoms with E-state index in [1.54, 1.807) is 30.5 Å². The summed E-state index contributed by atoms with van der Waals surface area (Å²) in [5.41, 5.74) is 7.88. The van der Waals surface area contributed by atoms with Crippen molar-refractivity contribution < 1.29 is 13.2 Å². The monoisotopic (exact) mass is 484 g/mol. The van der Waals surface area contributed by atoms with Gasteiger partial charge in [-0.3, -0.25) is 4.98 Å². The van der Waals surface area contributed by atoms with Crippen LogP contribution in [0.5, 0.6) is 0 Å². The summed E-state index contributed by atoms with van der Waals surface area (Å²) in [6, 6.07) is 8.58. The number of aryl methyl sites for hydroxylation is 1. The maximum atomic E-state index is 13.5. The number of pyridine rings is 1. The van der Waals surface area contributed by atoms with Crippen LogP contribution in [0.1, 0.15) is 58.0 Å². The van der Waals surface area contributed by atoms with Gasteiger partial charge in [0.25, 0.3) is 0 Å². The summed E-state index contributed by atoms with van der Waals surface area (Å²) in [7, 11) is -3.68. The number of ether oxygens (including phenoxy) is 1. The molecule has 1 saturated heterocycles. The predicted molar refractivity (Wildman–Crippen MR) is 134 cm³/mol. The zero-order chi connectivity index (χ0) is 24.3. The minimum absolute atomic E-state index is 0.160. The maximum absolute atomic E-state index is 13.5. The largest absolute Gasteiger partial charge is 0.381 e. The van der Waals surface area contributed by atoms with E-state index >= 15 is 0 Å². The van der Waals surface area contributed by atoms with Gasteiger partial charge in [-0.1, -0.05) is 20.8 Å². The second-order valence-corrected chi connectivity index (χ2v) is 12.2. The van der Waals surface area contributed by atoms with Crippen molar-refractivity contribution in [2.45, 2.75) is 74.6 Å². The Balaban J connectivity index is 1.70. The Morgan fingerprint density at radius 2 is 1.82 bits per heavy atom. The molecule has 0 bridgehead atoms. The van der Waals surface area contributed by atoms with E-state index in [1.165, 1.54) is 0 Å². The minimum atomic E-state index is -3.68. The molecule has 2 aromatic heterocycles. The molecule has 0 atom stereocenters. The minimum Gasteiger partial charge on any atom is -0.381 e. The Labute approximate surface area is 202 Å². The summed E-state index contributed by atoms with van der Waals surface area (Å²) in [5, 5.41) is 0. The normalized spacial score (nSPS) is 15.8. The number of sulfone groups is 1. The highest BCUT2D eigenvalue weighted by atomic mass is 32.2. The molecule has 0 saturated carbocycles. The molecule has 0 radical (unpaired) electrons. The van der Waals surface area contributed by atoms with Crippen molar-refractivity contribution in [1.82, 2.24) is 14.5 Å². The first kappa shape index (κ1) is 24.8. The molecular formula is C26H36N4O3S. The van der Waals surface area contributed by atoms with E-state index in [1.807, 2.05) is 6.07 Å². The zero-order valence-corrected chi connectivity index (χ0v) is 21.3.